The Labute approximate surface area is 121 Å². The maximum Gasteiger partial charge on any atom is 0.269 e. The largest absolute Gasteiger partial charge is 0.303 e. The van der Waals surface area contributed by atoms with Gasteiger partial charge >= 0.3 is 0 Å². The molecular weight excluding hydrogens is 252 g/mol. The molecule has 0 saturated heterocycles. The lowest BCUT2D eigenvalue weighted by molar-refractivity contribution is -0.385. The Morgan fingerprint density at radius 3 is 2.10 bits per heavy atom. The van der Waals surface area contributed by atoms with E-state index in [1.54, 1.807) is 12.1 Å². The first-order valence-electron chi connectivity index (χ1n) is 7.60. The van der Waals surface area contributed by atoms with Crippen molar-refractivity contribution in [3.05, 3.63) is 39.4 Å². The molecule has 112 valence electrons. The van der Waals surface area contributed by atoms with Crippen molar-refractivity contribution in [2.75, 3.05) is 19.6 Å². The van der Waals surface area contributed by atoms with Gasteiger partial charge in [0.05, 0.1) is 4.92 Å². The summed E-state index contributed by atoms with van der Waals surface area (Å²) < 4.78 is 0. The van der Waals surface area contributed by atoms with Crippen LogP contribution < -0.4 is 0 Å². The molecule has 0 fully saturated rings. The molecule has 0 atom stereocenters. The number of nitrogens with zero attached hydrogens (tertiary/aromatic N) is 2. The third-order valence-corrected chi connectivity index (χ3v) is 3.45. The molecule has 0 aromatic heterocycles. The molecule has 0 heterocycles. The van der Waals surface area contributed by atoms with Gasteiger partial charge in [0, 0.05) is 18.7 Å². The SMILES string of the molecule is CCCN(CCC)CCc1cc(CC)cc([N+](=O)[O-])c1. The molecule has 4 heteroatoms. The molecule has 0 aliphatic carbocycles. The monoisotopic (exact) mass is 278 g/mol. The number of benzene rings is 1. The summed E-state index contributed by atoms with van der Waals surface area (Å²) in [5.41, 5.74) is 2.34. The van der Waals surface area contributed by atoms with Gasteiger partial charge in [-0.05, 0) is 49.9 Å². The molecule has 0 spiro atoms. The molecule has 20 heavy (non-hydrogen) atoms. The van der Waals surface area contributed by atoms with E-state index in [4.69, 9.17) is 0 Å². The molecule has 0 amide bonds. The second kappa shape index (κ2) is 8.69. The molecular formula is C16H26N2O2. The van der Waals surface area contributed by atoms with Crippen LogP contribution >= 0.6 is 0 Å². The standard InChI is InChI=1S/C16H26N2O2/c1-4-8-17(9-5-2)10-7-15-11-14(6-3)12-16(13-15)18(19)20/h11-13H,4-10H2,1-3H3. The fraction of sp³-hybridized carbons (Fsp3) is 0.625. The van der Waals surface area contributed by atoms with Gasteiger partial charge in [-0.25, -0.2) is 0 Å². The van der Waals surface area contributed by atoms with E-state index < -0.39 is 0 Å². The van der Waals surface area contributed by atoms with Gasteiger partial charge in [-0.2, -0.15) is 0 Å². The average molecular weight is 278 g/mol. The van der Waals surface area contributed by atoms with Gasteiger partial charge in [0.1, 0.15) is 0 Å². The Morgan fingerprint density at radius 1 is 1.00 bits per heavy atom. The molecule has 0 bridgehead atoms. The summed E-state index contributed by atoms with van der Waals surface area (Å²) in [7, 11) is 0. The van der Waals surface area contributed by atoms with E-state index in [-0.39, 0.29) is 10.6 Å². The number of hydrogen-bond donors (Lipinski definition) is 0. The topological polar surface area (TPSA) is 46.4 Å². The van der Waals surface area contributed by atoms with Gasteiger partial charge < -0.3 is 4.90 Å². The highest BCUT2D eigenvalue weighted by Gasteiger charge is 2.10. The van der Waals surface area contributed by atoms with Gasteiger partial charge in [-0.3, -0.25) is 10.1 Å². The maximum absolute atomic E-state index is 11.0. The van der Waals surface area contributed by atoms with E-state index in [2.05, 4.69) is 24.8 Å². The average Bonchev–Trinajstić information content (AvgIpc) is 2.44. The third-order valence-electron chi connectivity index (χ3n) is 3.45. The normalized spacial score (nSPS) is 11.0. The predicted octanol–water partition coefficient (Wildman–Crippen LogP) is 3.82. The molecule has 0 unspecified atom stereocenters. The lowest BCUT2D eigenvalue weighted by Gasteiger charge is -2.20. The predicted molar refractivity (Wildman–Crippen MR) is 83.2 cm³/mol. The van der Waals surface area contributed by atoms with E-state index in [0.717, 1.165) is 56.4 Å². The van der Waals surface area contributed by atoms with Crippen LogP contribution in [-0.4, -0.2) is 29.5 Å². The first-order valence-corrected chi connectivity index (χ1v) is 7.60. The molecule has 0 radical (unpaired) electrons. The summed E-state index contributed by atoms with van der Waals surface area (Å²) in [6.07, 6.45) is 4.02. The first kappa shape index (κ1) is 16.6. The Bertz CT molecular complexity index is 426. The van der Waals surface area contributed by atoms with Crippen LogP contribution in [0.25, 0.3) is 0 Å². The Morgan fingerprint density at radius 2 is 1.60 bits per heavy atom. The molecule has 4 nitrogen and oxygen atoms in total. The minimum Gasteiger partial charge on any atom is -0.303 e. The zero-order valence-electron chi connectivity index (χ0n) is 12.9. The van der Waals surface area contributed by atoms with Gasteiger partial charge in [-0.1, -0.05) is 26.8 Å². The van der Waals surface area contributed by atoms with Gasteiger partial charge in [0.25, 0.3) is 5.69 Å². The van der Waals surface area contributed by atoms with Crippen molar-refractivity contribution < 1.29 is 4.92 Å². The zero-order valence-corrected chi connectivity index (χ0v) is 12.9. The fourth-order valence-corrected chi connectivity index (χ4v) is 2.45. The van der Waals surface area contributed by atoms with Crippen molar-refractivity contribution in [2.24, 2.45) is 0 Å². The summed E-state index contributed by atoms with van der Waals surface area (Å²) in [5, 5.41) is 11.0. The van der Waals surface area contributed by atoms with Gasteiger partial charge in [0.15, 0.2) is 0 Å². The molecule has 0 N–H and O–H groups in total. The van der Waals surface area contributed by atoms with Crippen LogP contribution in [-0.2, 0) is 12.8 Å². The number of aryl methyl sites for hydroxylation is 1. The highest BCUT2D eigenvalue weighted by Crippen LogP contribution is 2.18. The van der Waals surface area contributed by atoms with Crippen LogP contribution in [0.2, 0.25) is 0 Å². The first-order chi connectivity index (χ1) is 9.60. The molecule has 1 aromatic rings. The Balaban J connectivity index is 2.75. The Kier molecular flexibility index (Phi) is 7.23. The van der Waals surface area contributed by atoms with Crippen LogP contribution in [0.3, 0.4) is 0 Å². The second-order valence-corrected chi connectivity index (χ2v) is 5.21. The fourth-order valence-electron chi connectivity index (χ4n) is 2.45. The molecule has 1 rings (SSSR count). The second-order valence-electron chi connectivity index (χ2n) is 5.21. The Hall–Kier alpha value is -1.42. The number of nitro benzene ring substituents is 1. The van der Waals surface area contributed by atoms with Crippen molar-refractivity contribution in [1.82, 2.24) is 4.90 Å². The van der Waals surface area contributed by atoms with Crippen LogP contribution in [0, 0.1) is 10.1 Å². The quantitative estimate of drug-likeness (QED) is 0.509. The number of nitro groups is 1. The van der Waals surface area contributed by atoms with Crippen LogP contribution in [0.4, 0.5) is 5.69 Å². The summed E-state index contributed by atoms with van der Waals surface area (Å²) in [6, 6.07) is 5.50. The van der Waals surface area contributed by atoms with E-state index in [1.165, 1.54) is 0 Å². The van der Waals surface area contributed by atoms with E-state index in [0.29, 0.717) is 0 Å². The number of rotatable bonds is 9. The van der Waals surface area contributed by atoms with Crippen LogP contribution in [0.1, 0.15) is 44.7 Å². The zero-order chi connectivity index (χ0) is 15.0. The van der Waals surface area contributed by atoms with Crippen molar-refractivity contribution >= 4 is 5.69 Å². The molecule has 0 saturated carbocycles. The lowest BCUT2D eigenvalue weighted by Crippen LogP contribution is -2.27. The van der Waals surface area contributed by atoms with E-state index in [9.17, 15) is 10.1 Å². The third kappa shape index (κ3) is 5.29. The maximum atomic E-state index is 11.0. The van der Waals surface area contributed by atoms with Crippen molar-refractivity contribution in [3.63, 3.8) is 0 Å². The van der Waals surface area contributed by atoms with Crippen molar-refractivity contribution in [2.45, 2.75) is 46.5 Å². The molecule has 0 aliphatic rings. The minimum atomic E-state index is -0.293. The molecule has 0 aliphatic heterocycles. The van der Waals surface area contributed by atoms with Gasteiger partial charge in [0.2, 0.25) is 0 Å². The van der Waals surface area contributed by atoms with Gasteiger partial charge in [-0.15, -0.1) is 0 Å². The highest BCUT2D eigenvalue weighted by atomic mass is 16.6. The molecule has 1 aromatic carbocycles. The van der Waals surface area contributed by atoms with E-state index >= 15 is 0 Å². The number of hydrogen-bond acceptors (Lipinski definition) is 3. The van der Waals surface area contributed by atoms with Crippen LogP contribution in [0.15, 0.2) is 18.2 Å². The van der Waals surface area contributed by atoms with E-state index in [1.807, 2.05) is 6.92 Å². The summed E-state index contributed by atoms with van der Waals surface area (Å²) in [6.45, 7) is 9.58. The lowest BCUT2D eigenvalue weighted by atomic mass is 10.0. The highest BCUT2D eigenvalue weighted by molar-refractivity contribution is 5.39. The van der Waals surface area contributed by atoms with Crippen LogP contribution in [0.5, 0.6) is 0 Å². The van der Waals surface area contributed by atoms with Crippen molar-refractivity contribution in [3.8, 4) is 0 Å². The minimum absolute atomic E-state index is 0.219. The summed E-state index contributed by atoms with van der Waals surface area (Å²) in [5.74, 6) is 0. The van der Waals surface area contributed by atoms with Crippen molar-refractivity contribution in [1.29, 1.82) is 0 Å². The number of non-ortho nitro benzene ring substituents is 1. The summed E-state index contributed by atoms with van der Waals surface area (Å²) >= 11 is 0. The smallest absolute Gasteiger partial charge is 0.269 e. The summed E-state index contributed by atoms with van der Waals surface area (Å²) in [4.78, 5) is 13.1.